The van der Waals surface area contributed by atoms with Gasteiger partial charge >= 0.3 is 5.97 Å². The van der Waals surface area contributed by atoms with Gasteiger partial charge in [-0.3, -0.25) is 4.79 Å². The van der Waals surface area contributed by atoms with E-state index in [1.807, 2.05) is 0 Å². The fourth-order valence-corrected chi connectivity index (χ4v) is 1.10. The van der Waals surface area contributed by atoms with E-state index >= 15 is 0 Å². The van der Waals surface area contributed by atoms with Crippen molar-refractivity contribution in [2.45, 2.75) is 37.9 Å². The van der Waals surface area contributed by atoms with E-state index in [9.17, 15) is 14.7 Å². The third kappa shape index (κ3) is 5.46. The minimum absolute atomic E-state index is 0.0483. The van der Waals surface area contributed by atoms with Crippen LogP contribution in [0.1, 0.15) is 25.7 Å². The molecule has 0 saturated carbocycles. The van der Waals surface area contributed by atoms with E-state index in [-0.39, 0.29) is 13.0 Å². The molecular formula is C9H16O6. The van der Waals surface area contributed by atoms with Crippen LogP contribution < -0.4 is 0 Å². The van der Waals surface area contributed by atoms with Gasteiger partial charge in [-0.2, -0.15) is 0 Å². The number of carbonyl (C=O) groups excluding carboxylic acids is 1. The first-order valence-corrected chi connectivity index (χ1v) is 4.74. The van der Waals surface area contributed by atoms with Crippen LogP contribution in [0.25, 0.3) is 0 Å². The van der Waals surface area contributed by atoms with E-state index in [0.29, 0.717) is 19.3 Å². The van der Waals surface area contributed by atoms with Gasteiger partial charge in [0.25, 0.3) is 5.78 Å². The van der Waals surface area contributed by atoms with Crippen LogP contribution in [-0.4, -0.2) is 51.0 Å². The standard InChI is InChI=1S/C9H16O6/c10-5-3-1-2-4-6(11)7(12)8(13)9(14)15/h6-7,10-12H,1-5H2,(H,14,15). The summed E-state index contributed by atoms with van der Waals surface area (Å²) in [6.07, 6.45) is -1.33. The smallest absolute Gasteiger partial charge is 0.375 e. The van der Waals surface area contributed by atoms with Gasteiger partial charge in [-0.05, 0) is 12.8 Å². The van der Waals surface area contributed by atoms with Crippen molar-refractivity contribution < 1.29 is 30.0 Å². The molecule has 0 aliphatic rings. The predicted octanol–water partition coefficient (Wildman–Crippen LogP) is -1.09. The number of aliphatic carboxylic acids is 1. The normalized spacial score (nSPS) is 14.6. The van der Waals surface area contributed by atoms with Crippen LogP contribution in [0.4, 0.5) is 0 Å². The molecule has 6 heteroatoms. The largest absolute Gasteiger partial charge is 0.475 e. The lowest BCUT2D eigenvalue weighted by Crippen LogP contribution is -2.38. The molecule has 0 bridgehead atoms. The minimum Gasteiger partial charge on any atom is -0.475 e. The lowest BCUT2D eigenvalue weighted by molar-refractivity contribution is -0.156. The summed E-state index contributed by atoms with van der Waals surface area (Å²) in [6.45, 7) is 0.0483. The number of carbonyl (C=O) groups is 2. The summed E-state index contributed by atoms with van der Waals surface area (Å²) in [5.41, 5.74) is 0. The third-order valence-corrected chi connectivity index (χ3v) is 2.00. The molecule has 0 amide bonds. The molecule has 15 heavy (non-hydrogen) atoms. The van der Waals surface area contributed by atoms with Crippen molar-refractivity contribution in [1.29, 1.82) is 0 Å². The molecule has 0 fully saturated rings. The van der Waals surface area contributed by atoms with Crippen LogP contribution in [0.5, 0.6) is 0 Å². The zero-order valence-corrected chi connectivity index (χ0v) is 8.30. The number of ketones is 1. The Morgan fingerprint density at radius 1 is 1.07 bits per heavy atom. The first-order valence-electron chi connectivity index (χ1n) is 4.74. The summed E-state index contributed by atoms with van der Waals surface area (Å²) in [4.78, 5) is 20.9. The summed E-state index contributed by atoms with van der Waals surface area (Å²) in [7, 11) is 0. The Bertz CT molecular complexity index is 215. The first-order chi connectivity index (χ1) is 7.00. The van der Waals surface area contributed by atoms with Crippen LogP contribution in [0.3, 0.4) is 0 Å². The molecule has 0 aromatic heterocycles. The van der Waals surface area contributed by atoms with Gasteiger partial charge in [-0.25, -0.2) is 4.79 Å². The number of hydrogen-bond donors (Lipinski definition) is 4. The molecule has 0 aromatic carbocycles. The predicted molar refractivity (Wildman–Crippen MR) is 50.2 cm³/mol. The second-order valence-corrected chi connectivity index (χ2v) is 3.25. The number of carboxylic acid groups (broad SMARTS) is 1. The fourth-order valence-electron chi connectivity index (χ4n) is 1.10. The van der Waals surface area contributed by atoms with Gasteiger partial charge in [0.1, 0.15) is 6.10 Å². The maximum atomic E-state index is 10.7. The van der Waals surface area contributed by atoms with Crippen molar-refractivity contribution in [2.75, 3.05) is 6.61 Å². The maximum Gasteiger partial charge on any atom is 0.375 e. The van der Waals surface area contributed by atoms with Crippen molar-refractivity contribution in [3.05, 3.63) is 0 Å². The SMILES string of the molecule is O=C(O)C(=O)C(O)C(O)CCCCCO. The number of carboxylic acids is 1. The average molecular weight is 220 g/mol. The Morgan fingerprint density at radius 2 is 1.67 bits per heavy atom. The Morgan fingerprint density at radius 3 is 2.13 bits per heavy atom. The van der Waals surface area contributed by atoms with E-state index < -0.39 is 24.0 Å². The van der Waals surface area contributed by atoms with Gasteiger partial charge in [-0.1, -0.05) is 12.8 Å². The van der Waals surface area contributed by atoms with Crippen molar-refractivity contribution in [3.63, 3.8) is 0 Å². The topological polar surface area (TPSA) is 115 Å². The van der Waals surface area contributed by atoms with E-state index in [1.54, 1.807) is 0 Å². The van der Waals surface area contributed by atoms with Gasteiger partial charge in [-0.15, -0.1) is 0 Å². The summed E-state index contributed by atoms with van der Waals surface area (Å²) in [6, 6.07) is 0. The highest BCUT2D eigenvalue weighted by Gasteiger charge is 2.28. The zero-order chi connectivity index (χ0) is 11.8. The fraction of sp³-hybridized carbons (Fsp3) is 0.778. The van der Waals surface area contributed by atoms with E-state index in [1.165, 1.54) is 0 Å². The van der Waals surface area contributed by atoms with Crippen LogP contribution in [0, 0.1) is 0 Å². The molecule has 0 spiro atoms. The number of aliphatic hydroxyl groups is 3. The second kappa shape index (κ2) is 7.33. The molecule has 0 saturated heterocycles. The van der Waals surface area contributed by atoms with Gasteiger partial charge in [0.2, 0.25) is 0 Å². The molecule has 2 atom stereocenters. The highest BCUT2D eigenvalue weighted by atomic mass is 16.4. The number of rotatable bonds is 8. The van der Waals surface area contributed by atoms with Gasteiger partial charge in [0.15, 0.2) is 0 Å². The van der Waals surface area contributed by atoms with Gasteiger partial charge in [0, 0.05) is 6.61 Å². The van der Waals surface area contributed by atoms with Crippen molar-refractivity contribution in [3.8, 4) is 0 Å². The van der Waals surface area contributed by atoms with Crippen LogP contribution in [0.2, 0.25) is 0 Å². The molecule has 0 radical (unpaired) electrons. The number of Topliss-reactive ketones (excluding diaryl/α,β-unsaturated/α-hetero) is 1. The summed E-state index contributed by atoms with van der Waals surface area (Å²) in [5, 5.41) is 35.0. The quantitative estimate of drug-likeness (QED) is 0.305. The number of aliphatic hydroxyl groups excluding tert-OH is 3. The van der Waals surface area contributed by atoms with Crippen molar-refractivity contribution in [1.82, 2.24) is 0 Å². The highest BCUT2D eigenvalue weighted by molar-refractivity contribution is 6.34. The zero-order valence-electron chi connectivity index (χ0n) is 8.30. The Hall–Kier alpha value is -0.980. The Balaban J connectivity index is 3.83. The maximum absolute atomic E-state index is 10.7. The average Bonchev–Trinajstić information content (AvgIpc) is 2.21. The third-order valence-electron chi connectivity index (χ3n) is 2.00. The molecule has 6 nitrogen and oxygen atoms in total. The minimum atomic E-state index is -1.86. The van der Waals surface area contributed by atoms with E-state index in [2.05, 4.69) is 0 Å². The van der Waals surface area contributed by atoms with Crippen LogP contribution in [0.15, 0.2) is 0 Å². The van der Waals surface area contributed by atoms with Crippen LogP contribution >= 0.6 is 0 Å². The molecule has 4 N–H and O–H groups in total. The van der Waals surface area contributed by atoms with Gasteiger partial charge < -0.3 is 20.4 Å². The Labute approximate surface area is 87.2 Å². The lowest BCUT2D eigenvalue weighted by atomic mass is 10.0. The molecular weight excluding hydrogens is 204 g/mol. The number of unbranched alkanes of at least 4 members (excludes halogenated alkanes) is 2. The second-order valence-electron chi connectivity index (χ2n) is 3.25. The molecule has 0 rings (SSSR count). The molecule has 0 aliphatic carbocycles. The molecule has 2 unspecified atom stereocenters. The van der Waals surface area contributed by atoms with Crippen molar-refractivity contribution >= 4 is 11.8 Å². The summed E-state index contributed by atoms with van der Waals surface area (Å²) < 4.78 is 0. The molecule has 0 heterocycles. The number of hydrogen-bond acceptors (Lipinski definition) is 5. The molecule has 0 aliphatic heterocycles. The van der Waals surface area contributed by atoms with Crippen LogP contribution in [-0.2, 0) is 9.59 Å². The molecule has 0 aromatic rings. The highest BCUT2D eigenvalue weighted by Crippen LogP contribution is 2.07. The lowest BCUT2D eigenvalue weighted by Gasteiger charge is -2.14. The first kappa shape index (κ1) is 14.0. The summed E-state index contributed by atoms with van der Waals surface area (Å²) in [5.74, 6) is -3.15. The monoisotopic (exact) mass is 220 g/mol. The van der Waals surface area contributed by atoms with E-state index in [0.717, 1.165) is 0 Å². The summed E-state index contributed by atoms with van der Waals surface area (Å²) >= 11 is 0. The molecule has 88 valence electrons. The Kier molecular flexibility index (Phi) is 6.85. The van der Waals surface area contributed by atoms with Gasteiger partial charge in [0.05, 0.1) is 6.10 Å². The van der Waals surface area contributed by atoms with Crippen molar-refractivity contribution in [2.24, 2.45) is 0 Å². The van der Waals surface area contributed by atoms with E-state index in [4.69, 9.17) is 15.3 Å².